The molecule has 1 aromatic rings. The summed E-state index contributed by atoms with van der Waals surface area (Å²) in [5.41, 5.74) is 0.285. The van der Waals surface area contributed by atoms with Gasteiger partial charge in [-0.05, 0) is 12.1 Å². The van der Waals surface area contributed by atoms with E-state index in [1.165, 1.54) is 7.11 Å². The number of hydrogen-bond donors (Lipinski definition) is 3. The van der Waals surface area contributed by atoms with Gasteiger partial charge < -0.3 is 20.3 Å². The molecule has 0 aliphatic rings. The third-order valence-electron chi connectivity index (χ3n) is 2.09. The topological polar surface area (TPSA) is 95.9 Å². The highest BCUT2D eigenvalue weighted by Crippen LogP contribution is 2.16. The second-order valence-electron chi connectivity index (χ2n) is 3.26. The Morgan fingerprint density at radius 2 is 2.06 bits per heavy atom. The summed E-state index contributed by atoms with van der Waals surface area (Å²) >= 11 is 0. The summed E-state index contributed by atoms with van der Waals surface area (Å²) in [5, 5.41) is 19.7. The van der Waals surface area contributed by atoms with Crippen molar-refractivity contribution in [3.8, 4) is 5.75 Å². The minimum absolute atomic E-state index is 0.285. The van der Waals surface area contributed by atoms with Crippen molar-refractivity contribution >= 4 is 11.9 Å². The molecule has 0 aliphatic heterocycles. The number of nitrogens with one attached hydrogen (secondary N) is 1. The van der Waals surface area contributed by atoms with Crippen LogP contribution in [0.15, 0.2) is 24.3 Å². The predicted octanol–water partition coefficient (Wildman–Crippen LogP) is -0.130. The Balaban J connectivity index is 2.67. The van der Waals surface area contributed by atoms with E-state index in [0.717, 1.165) is 0 Å². The molecule has 6 nitrogen and oxygen atoms in total. The Labute approximate surface area is 97.8 Å². The molecule has 0 aliphatic carbocycles. The van der Waals surface area contributed by atoms with Crippen molar-refractivity contribution in [1.82, 2.24) is 5.32 Å². The van der Waals surface area contributed by atoms with E-state index < -0.39 is 18.0 Å². The molecule has 0 saturated heterocycles. The van der Waals surface area contributed by atoms with Crippen LogP contribution in [0.2, 0.25) is 0 Å². The Bertz CT molecular complexity index is 418. The zero-order chi connectivity index (χ0) is 12.8. The quantitative estimate of drug-likeness (QED) is 0.665. The van der Waals surface area contributed by atoms with Gasteiger partial charge in [0, 0.05) is 0 Å². The Morgan fingerprint density at radius 3 is 2.65 bits per heavy atom. The third kappa shape index (κ3) is 3.46. The summed E-state index contributed by atoms with van der Waals surface area (Å²) < 4.78 is 4.98. The van der Waals surface area contributed by atoms with Crippen LogP contribution < -0.4 is 10.1 Å². The number of carboxylic acid groups (broad SMARTS) is 1. The molecular weight excluding hydrogens is 226 g/mol. The van der Waals surface area contributed by atoms with Crippen LogP contribution in [-0.2, 0) is 4.79 Å². The van der Waals surface area contributed by atoms with Crippen LogP contribution in [0.5, 0.6) is 5.75 Å². The van der Waals surface area contributed by atoms with Crippen molar-refractivity contribution in [2.24, 2.45) is 0 Å². The van der Waals surface area contributed by atoms with Gasteiger partial charge in [0.2, 0.25) is 0 Å². The molecule has 0 spiro atoms. The van der Waals surface area contributed by atoms with E-state index in [9.17, 15) is 9.59 Å². The first-order chi connectivity index (χ1) is 8.06. The number of aliphatic carboxylic acids is 1. The van der Waals surface area contributed by atoms with Crippen LogP contribution >= 0.6 is 0 Å². The molecule has 6 heteroatoms. The van der Waals surface area contributed by atoms with Crippen molar-refractivity contribution in [3.05, 3.63) is 29.8 Å². The fraction of sp³-hybridized carbons (Fsp3) is 0.273. The molecule has 0 heterocycles. The average molecular weight is 239 g/mol. The van der Waals surface area contributed by atoms with E-state index in [0.29, 0.717) is 5.75 Å². The van der Waals surface area contributed by atoms with Crippen LogP contribution in [0.25, 0.3) is 0 Å². The number of aliphatic hydroxyl groups is 1. The molecule has 3 N–H and O–H groups in total. The van der Waals surface area contributed by atoms with Crippen molar-refractivity contribution in [2.45, 2.75) is 6.10 Å². The first-order valence-corrected chi connectivity index (χ1v) is 4.88. The maximum Gasteiger partial charge on any atom is 0.334 e. The summed E-state index contributed by atoms with van der Waals surface area (Å²) in [6.07, 6.45) is -1.62. The summed E-state index contributed by atoms with van der Waals surface area (Å²) in [6.45, 7) is -0.355. The van der Waals surface area contributed by atoms with Crippen LogP contribution in [0.1, 0.15) is 10.4 Å². The molecule has 1 rings (SSSR count). The molecule has 0 bridgehead atoms. The van der Waals surface area contributed by atoms with Crippen molar-refractivity contribution in [1.29, 1.82) is 0 Å². The molecule has 0 unspecified atom stereocenters. The van der Waals surface area contributed by atoms with E-state index in [2.05, 4.69) is 5.32 Å². The van der Waals surface area contributed by atoms with Crippen molar-refractivity contribution in [3.63, 3.8) is 0 Å². The molecule has 0 aromatic heterocycles. The van der Waals surface area contributed by atoms with E-state index in [-0.39, 0.29) is 12.1 Å². The molecular formula is C11H13NO5. The largest absolute Gasteiger partial charge is 0.496 e. The lowest BCUT2D eigenvalue weighted by atomic mass is 10.2. The molecule has 1 aromatic carbocycles. The summed E-state index contributed by atoms with van der Waals surface area (Å²) in [4.78, 5) is 22.0. The van der Waals surface area contributed by atoms with E-state index in [1.807, 2.05) is 0 Å². The number of carbonyl (C=O) groups is 2. The monoisotopic (exact) mass is 239 g/mol. The Hall–Kier alpha value is -2.08. The molecule has 17 heavy (non-hydrogen) atoms. The first-order valence-electron chi connectivity index (χ1n) is 4.88. The fourth-order valence-corrected chi connectivity index (χ4v) is 1.20. The highest BCUT2D eigenvalue weighted by atomic mass is 16.5. The van der Waals surface area contributed by atoms with Gasteiger partial charge in [-0.2, -0.15) is 0 Å². The zero-order valence-electron chi connectivity index (χ0n) is 9.21. The second-order valence-corrected chi connectivity index (χ2v) is 3.26. The van der Waals surface area contributed by atoms with Gasteiger partial charge in [-0.3, -0.25) is 4.79 Å². The smallest absolute Gasteiger partial charge is 0.334 e. The van der Waals surface area contributed by atoms with Crippen LogP contribution in [0.3, 0.4) is 0 Å². The van der Waals surface area contributed by atoms with Crippen molar-refractivity contribution < 1.29 is 24.5 Å². The molecule has 92 valence electrons. The highest BCUT2D eigenvalue weighted by molar-refractivity contribution is 5.97. The van der Waals surface area contributed by atoms with Crippen molar-refractivity contribution in [2.75, 3.05) is 13.7 Å². The van der Waals surface area contributed by atoms with Crippen LogP contribution in [-0.4, -0.2) is 41.8 Å². The first kappa shape index (κ1) is 13.0. The SMILES string of the molecule is COc1ccccc1C(=O)NC[C@H](O)C(=O)O. The van der Waals surface area contributed by atoms with Gasteiger partial charge >= 0.3 is 5.97 Å². The van der Waals surface area contributed by atoms with Gasteiger partial charge in [-0.25, -0.2) is 4.79 Å². The normalized spacial score (nSPS) is 11.6. The number of benzene rings is 1. The maximum atomic E-state index is 11.7. The van der Waals surface area contributed by atoms with E-state index in [1.54, 1.807) is 24.3 Å². The standard InChI is InChI=1S/C11H13NO5/c1-17-9-5-3-2-4-7(9)10(14)12-6-8(13)11(15)16/h2-5,8,13H,6H2,1H3,(H,12,14)(H,15,16)/t8-/m0/s1. The molecule has 0 fully saturated rings. The second kappa shape index (κ2) is 5.86. The molecule has 1 amide bonds. The number of carboxylic acids is 1. The van der Waals surface area contributed by atoms with Gasteiger partial charge in [0.1, 0.15) is 5.75 Å². The number of carbonyl (C=O) groups excluding carboxylic acids is 1. The number of aliphatic hydroxyl groups excluding tert-OH is 1. The highest BCUT2D eigenvalue weighted by Gasteiger charge is 2.16. The van der Waals surface area contributed by atoms with E-state index >= 15 is 0 Å². The fourth-order valence-electron chi connectivity index (χ4n) is 1.20. The molecule has 0 radical (unpaired) electrons. The lowest BCUT2D eigenvalue weighted by Gasteiger charge is -2.10. The van der Waals surface area contributed by atoms with Crippen LogP contribution in [0, 0.1) is 0 Å². The minimum Gasteiger partial charge on any atom is -0.496 e. The van der Waals surface area contributed by atoms with Crippen LogP contribution in [0.4, 0.5) is 0 Å². The van der Waals surface area contributed by atoms with Gasteiger partial charge in [-0.15, -0.1) is 0 Å². The van der Waals surface area contributed by atoms with Gasteiger partial charge in [0.05, 0.1) is 19.2 Å². The summed E-state index contributed by atoms with van der Waals surface area (Å²) in [7, 11) is 1.43. The average Bonchev–Trinajstić information content (AvgIpc) is 2.35. The number of hydrogen-bond acceptors (Lipinski definition) is 4. The number of para-hydroxylation sites is 1. The molecule has 1 atom stereocenters. The molecule has 0 saturated carbocycles. The van der Waals surface area contributed by atoms with Gasteiger partial charge in [0.25, 0.3) is 5.91 Å². The summed E-state index contributed by atoms with van der Waals surface area (Å²) in [6, 6.07) is 6.52. The zero-order valence-corrected chi connectivity index (χ0v) is 9.21. The maximum absolute atomic E-state index is 11.7. The van der Waals surface area contributed by atoms with Gasteiger partial charge in [-0.1, -0.05) is 12.1 Å². The number of amides is 1. The number of ether oxygens (including phenoxy) is 1. The lowest BCUT2D eigenvalue weighted by molar-refractivity contribution is -0.146. The lowest BCUT2D eigenvalue weighted by Crippen LogP contribution is -2.36. The summed E-state index contributed by atoms with van der Waals surface area (Å²) in [5.74, 6) is -1.50. The Morgan fingerprint density at radius 1 is 1.41 bits per heavy atom. The van der Waals surface area contributed by atoms with Gasteiger partial charge in [0.15, 0.2) is 6.10 Å². The number of methoxy groups -OCH3 is 1. The minimum atomic E-state index is -1.62. The number of rotatable bonds is 5. The Kier molecular flexibility index (Phi) is 4.47. The predicted molar refractivity (Wildman–Crippen MR) is 59.0 cm³/mol. The van der Waals surface area contributed by atoms with E-state index in [4.69, 9.17) is 14.9 Å². The third-order valence-corrected chi connectivity index (χ3v) is 2.09.